The van der Waals surface area contributed by atoms with Gasteiger partial charge in [-0.25, -0.2) is 0 Å². The van der Waals surface area contributed by atoms with Crippen LogP contribution in [0.15, 0.2) is 0 Å². The van der Waals surface area contributed by atoms with Crippen molar-refractivity contribution in [1.82, 2.24) is 5.32 Å². The molecule has 0 aromatic carbocycles. The van der Waals surface area contributed by atoms with Gasteiger partial charge in [0.2, 0.25) is 0 Å². The minimum Gasteiger partial charge on any atom is -0.468 e. The van der Waals surface area contributed by atoms with Crippen LogP contribution in [0.1, 0.15) is 46.0 Å². The Morgan fingerprint density at radius 1 is 1.56 bits per heavy atom. The summed E-state index contributed by atoms with van der Waals surface area (Å²) in [4.78, 5) is 12.0. The van der Waals surface area contributed by atoms with E-state index in [4.69, 9.17) is 9.47 Å². The van der Waals surface area contributed by atoms with E-state index in [1.165, 1.54) is 7.11 Å². The molecular weight excluding hydrogens is 230 g/mol. The number of ether oxygens (including phenoxy) is 2. The van der Waals surface area contributed by atoms with Gasteiger partial charge in [-0.2, -0.15) is 0 Å². The highest BCUT2D eigenvalue weighted by Gasteiger charge is 2.48. The minimum atomic E-state index is -0.492. The highest BCUT2D eigenvalue weighted by atomic mass is 16.5. The number of methoxy groups -OCH3 is 1. The van der Waals surface area contributed by atoms with Crippen LogP contribution in [0.5, 0.6) is 0 Å². The van der Waals surface area contributed by atoms with Crippen molar-refractivity contribution in [2.45, 2.75) is 57.6 Å². The Bertz CT molecular complexity index is 270. The van der Waals surface area contributed by atoms with Gasteiger partial charge in [0.05, 0.1) is 13.2 Å². The van der Waals surface area contributed by atoms with Crippen molar-refractivity contribution >= 4 is 5.97 Å². The van der Waals surface area contributed by atoms with Crippen molar-refractivity contribution in [3.8, 4) is 0 Å². The number of hydrogen-bond donors (Lipinski definition) is 1. The van der Waals surface area contributed by atoms with Gasteiger partial charge in [-0.15, -0.1) is 0 Å². The first-order valence-corrected chi connectivity index (χ1v) is 6.99. The number of likely N-dealkylation sites (N-methyl/N-ethyl adjacent to an activating group) is 1. The monoisotopic (exact) mass is 257 g/mol. The van der Waals surface area contributed by atoms with E-state index in [0.29, 0.717) is 12.0 Å². The number of rotatable bonds is 7. The number of carbonyl (C=O) groups excluding carboxylic acids is 1. The first-order valence-electron chi connectivity index (χ1n) is 6.99. The molecular formula is C14H27NO3. The van der Waals surface area contributed by atoms with Gasteiger partial charge in [0, 0.05) is 6.61 Å². The summed E-state index contributed by atoms with van der Waals surface area (Å²) < 4.78 is 10.7. The number of esters is 1. The van der Waals surface area contributed by atoms with Gasteiger partial charge in [-0.3, -0.25) is 4.79 Å². The molecule has 4 nitrogen and oxygen atoms in total. The fourth-order valence-corrected chi connectivity index (χ4v) is 2.88. The lowest BCUT2D eigenvalue weighted by molar-refractivity contribution is -0.150. The first kappa shape index (κ1) is 15.4. The van der Waals surface area contributed by atoms with Crippen molar-refractivity contribution in [2.75, 3.05) is 20.8 Å². The first-order chi connectivity index (χ1) is 8.60. The molecule has 1 fully saturated rings. The van der Waals surface area contributed by atoms with Crippen LogP contribution in [0, 0.1) is 5.92 Å². The van der Waals surface area contributed by atoms with Crippen molar-refractivity contribution in [2.24, 2.45) is 5.92 Å². The van der Waals surface area contributed by atoms with E-state index >= 15 is 0 Å². The maximum atomic E-state index is 12.0. The van der Waals surface area contributed by atoms with Gasteiger partial charge in [-0.05, 0) is 45.6 Å². The summed E-state index contributed by atoms with van der Waals surface area (Å²) >= 11 is 0. The second kappa shape index (κ2) is 7.10. The molecule has 1 rings (SSSR count). The summed E-state index contributed by atoms with van der Waals surface area (Å²) in [5, 5.41) is 3.20. The molecule has 1 saturated carbocycles. The molecule has 1 aliphatic carbocycles. The van der Waals surface area contributed by atoms with E-state index < -0.39 is 5.54 Å². The summed E-state index contributed by atoms with van der Waals surface area (Å²) in [6.45, 7) is 4.92. The highest BCUT2D eigenvalue weighted by molar-refractivity contribution is 5.81. The Balaban J connectivity index is 2.55. The van der Waals surface area contributed by atoms with Crippen LogP contribution in [0.3, 0.4) is 0 Å². The summed E-state index contributed by atoms with van der Waals surface area (Å²) in [5.74, 6) is 0.190. The molecule has 3 unspecified atom stereocenters. The minimum absolute atomic E-state index is 0.129. The van der Waals surface area contributed by atoms with Crippen LogP contribution in [-0.2, 0) is 14.3 Å². The van der Waals surface area contributed by atoms with Gasteiger partial charge in [0.25, 0.3) is 0 Å². The third-order valence-electron chi connectivity index (χ3n) is 4.26. The van der Waals surface area contributed by atoms with Crippen LogP contribution in [0.2, 0.25) is 0 Å². The van der Waals surface area contributed by atoms with Crippen molar-refractivity contribution in [1.29, 1.82) is 0 Å². The lowest BCUT2D eigenvalue weighted by Gasteiger charge is -2.32. The number of carbonyl (C=O) groups is 1. The largest absolute Gasteiger partial charge is 0.468 e. The Kier molecular flexibility index (Phi) is 6.09. The fourth-order valence-electron chi connectivity index (χ4n) is 2.88. The third kappa shape index (κ3) is 3.23. The molecule has 4 heteroatoms. The average molecular weight is 257 g/mol. The predicted octanol–water partition coefficient (Wildman–Crippen LogP) is 2.12. The zero-order valence-corrected chi connectivity index (χ0v) is 12.1. The quantitative estimate of drug-likeness (QED) is 0.710. The fraction of sp³-hybridized carbons (Fsp3) is 0.929. The van der Waals surface area contributed by atoms with Crippen LogP contribution in [-0.4, -0.2) is 38.4 Å². The van der Waals surface area contributed by atoms with Gasteiger partial charge in [0.15, 0.2) is 0 Å². The zero-order chi connectivity index (χ0) is 13.6. The van der Waals surface area contributed by atoms with Crippen molar-refractivity contribution in [3.05, 3.63) is 0 Å². The second-order valence-electron chi connectivity index (χ2n) is 5.18. The van der Waals surface area contributed by atoms with Crippen molar-refractivity contribution in [3.63, 3.8) is 0 Å². The molecule has 18 heavy (non-hydrogen) atoms. The molecule has 0 heterocycles. The average Bonchev–Trinajstić information content (AvgIpc) is 2.81. The van der Waals surface area contributed by atoms with Gasteiger partial charge >= 0.3 is 5.97 Å². The Hall–Kier alpha value is -0.610. The van der Waals surface area contributed by atoms with Crippen LogP contribution in [0.4, 0.5) is 0 Å². The molecule has 1 N–H and O–H groups in total. The van der Waals surface area contributed by atoms with Gasteiger partial charge < -0.3 is 14.8 Å². The van der Waals surface area contributed by atoms with E-state index in [2.05, 4.69) is 19.2 Å². The summed E-state index contributed by atoms with van der Waals surface area (Å²) in [6.07, 6.45) is 5.25. The zero-order valence-electron chi connectivity index (χ0n) is 12.1. The molecule has 0 amide bonds. The maximum Gasteiger partial charge on any atom is 0.326 e. The smallest absolute Gasteiger partial charge is 0.326 e. The summed E-state index contributed by atoms with van der Waals surface area (Å²) in [5.41, 5.74) is -0.492. The summed E-state index contributed by atoms with van der Waals surface area (Å²) in [7, 11) is 3.32. The Morgan fingerprint density at radius 3 is 2.83 bits per heavy atom. The second-order valence-corrected chi connectivity index (χ2v) is 5.18. The molecule has 0 aromatic rings. The lowest BCUT2D eigenvalue weighted by Crippen LogP contribution is -2.54. The molecule has 0 bridgehead atoms. The van der Waals surface area contributed by atoms with Gasteiger partial charge in [0.1, 0.15) is 5.54 Å². The Labute approximate surface area is 110 Å². The van der Waals surface area contributed by atoms with E-state index in [1.807, 2.05) is 7.05 Å². The molecule has 106 valence electrons. The van der Waals surface area contributed by atoms with Crippen LogP contribution >= 0.6 is 0 Å². The topological polar surface area (TPSA) is 47.6 Å². The predicted molar refractivity (Wildman–Crippen MR) is 71.5 cm³/mol. The normalized spacial score (nSPS) is 29.2. The molecule has 3 atom stereocenters. The maximum absolute atomic E-state index is 12.0. The molecule has 1 aliphatic rings. The lowest BCUT2D eigenvalue weighted by atomic mass is 9.85. The molecule has 0 radical (unpaired) electrons. The molecule has 0 aliphatic heterocycles. The summed E-state index contributed by atoms with van der Waals surface area (Å²) in [6, 6.07) is 0. The number of nitrogens with one attached hydrogen (secondary N) is 1. The van der Waals surface area contributed by atoms with Crippen LogP contribution < -0.4 is 5.32 Å². The molecule has 0 spiro atoms. The van der Waals surface area contributed by atoms with E-state index in [9.17, 15) is 4.79 Å². The Morgan fingerprint density at radius 2 is 2.28 bits per heavy atom. The standard InChI is InChI=1S/C14H27NO3/c1-5-11(2)18-10-8-12-7-6-9-14(12,15-3)13(16)17-4/h11-12,15H,5-10H2,1-4H3. The van der Waals surface area contributed by atoms with Crippen LogP contribution in [0.25, 0.3) is 0 Å². The van der Waals surface area contributed by atoms with E-state index in [1.54, 1.807) is 0 Å². The molecule has 0 saturated heterocycles. The van der Waals surface area contributed by atoms with E-state index in [0.717, 1.165) is 38.7 Å². The van der Waals surface area contributed by atoms with E-state index in [-0.39, 0.29) is 5.97 Å². The molecule has 0 aromatic heterocycles. The van der Waals surface area contributed by atoms with Crippen molar-refractivity contribution < 1.29 is 14.3 Å². The number of hydrogen-bond acceptors (Lipinski definition) is 4. The third-order valence-corrected chi connectivity index (χ3v) is 4.26. The highest BCUT2D eigenvalue weighted by Crippen LogP contribution is 2.38. The van der Waals surface area contributed by atoms with Gasteiger partial charge in [-0.1, -0.05) is 13.3 Å². The SMILES string of the molecule is CCC(C)OCCC1CCCC1(NC)C(=O)OC.